The number of H-pyrrole nitrogens is 1. The van der Waals surface area contributed by atoms with Crippen LogP contribution in [0, 0.1) is 27.7 Å². The Morgan fingerprint density at radius 1 is 0.923 bits per heavy atom. The zero-order valence-corrected chi connectivity index (χ0v) is 38.3. The van der Waals surface area contributed by atoms with Gasteiger partial charge in [-0.2, -0.15) is 5.10 Å². The molecule has 2 aromatic heterocycles. The van der Waals surface area contributed by atoms with E-state index < -0.39 is 51.4 Å². The minimum atomic E-state index is -4.20. The average Bonchev–Trinajstić information content (AvgIpc) is 3.84. The van der Waals surface area contributed by atoms with Crippen molar-refractivity contribution in [1.29, 1.82) is 0 Å². The highest BCUT2D eigenvalue weighted by atomic mass is 35.5. The number of rotatable bonds is 18. The zero-order valence-electron chi connectivity index (χ0n) is 36.8. The number of benzene rings is 3. The number of anilines is 1. The number of aromatic nitrogens is 3. The van der Waals surface area contributed by atoms with Crippen LogP contribution in [0.25, 0.3) is 22.0 Å². The Morgan fingerprint density at radius 3 is 2.35 bits per heavy atom. The Morgan fingerprint density at radius 2 is 1.65 bits per heavy atom. The first-order valence-electron chi connectivity index (χ1n) is 21.4. The molecule has 0 radical (unpaired) electrons. The second-order valence-electron chi connectivity index (χ2n) is 16.4. The number of piperidine rings is 1. The molecule has 4 heterocycles. The molecule has 3 aromatic carbocycles. The normalized spacial score (nSPS) is 15.0. The number of sulfonamides is 1. The number of aryl methyl sites for hydroxylation is 5. The van der Waals surface area contributed by atoms with Gasteiger partial charge in [0, 0.05) is 65.9 Å². The maximum absolute atomic E-state index is 13.9. The number of carbonyl (C=O) groups excluding carboxylic acids is 6. The molecule has 19 heteroatoms. The Bertz CT molecular complexity index is 2850. The van der Waals surface area contributed by atoms with Crippen LogP contribution in [-0.2, 0) is 37.9 Å². The number of amides is 6. The van der Waals surface area contributed by atoms with E-state index in [0.717, 1.165) is 43.9 Å². The maximum Gasteiger partial charge on any atom is 0.281 e. The van der Waals surface area contributed by atoms with Gasteiger partial charge in [-0.3, -0.25) is 43.7 Å². The highest BCUT2D eigenvalue weighted by molar-refractivity contribution is 7.90. The molecule has 5 aromatic rings. The average molecular weight is 927 g/mol. The van der Waals surface area contributed by atoms with Crippen LogP contribution >= 0.6 is 11.6 Å². The monoisotopic (exact) mass is 926 g/mol. The first-order chi connectivity index (χ1) is 31.0. The summed E-state index contributed by atoms with van der Waals surface area (Å²) in [5, 5.41) is 13.9. The SMILES string of the molecule is Cc1cc(OCCCc2c(C(=O)NS(=O)(=O)CCNC(=O)CCCCNc3cccc4c3C(=O)N(C3CCC(=O)NC3=O)C4=O)[nH]c3c(-c4c(C)nn(C)c4C)cccc23)cc(C)c1Cl. The number of para-hydroxylation sites is 1. The van der Waals surface area contributed by atoms with E-state index in [4.69, 9.17) is 16.3 Å². The topological polar surface area (TPSA) is 231 Å². The van der Waals surface area contributed by atoms with Crippen molar-refractivity contribution in [1.82, 2.24) is 35.0 Å². The molecule has 2 aliphatic heterocycles. The fraction of sp³-hybridized carbons (Fsp3) is 0.370. The van der Waals surface area contributed by atoms with Crippen molar-refractivity contribution in [2.75, 3.05) is 30.8 Å². The summed E-state index contributed by atoms with van der Waals surface area (Å²) in [6.45, 7) is 8.12. The number of unbranched alkanes of at least 4 members (excludes halogenated alkanes) is 1. The van der Waals surface area contributed by atoms with E-state index in [1.54, 1.807) is 16.8 Å². The summed E-state index contributed by atoms with van der Waals surface area (Å²) in [5.74, 6) is -3.47. The quantitative estimate of drug-likeness (QED) is 0.0557. The van der Waals surface area contributed by atoms with E-state index in [1.807, 2.05) is 65.1 Å². The van der Waals surface area contributed by atoms with Crippen molar-refractivity contribution in [3.05, 3.63) is 98.5 Å². The number of halogens is 1. The Hall–Kier alpha value is -6.53. The van der Waals surface area contributed by atoms with Gasteiger partial charge in [0.1, 0.15) is 17.5 Å². The molecule has 5 N–H and O–H groups in total. The van der Waals surface area contributed by atoms with Crippen molar-refractivity contribution in [3.63, 3.8) is 0 Å². The number of ether oxygens (including phenoxy) is 1. The molecule has 2 aliphatic rings. The van der Waals surface area contributed by atoms with E-state index in [1.165, 1.54) is 6.07 Å². The molecule has 342 valence electrons. The lowest BCUT2D eigenvalue weighted by molar-refractivity contribution is -0.136. The number of fused-ring (bicyclic) bond motifs is 2. The molecule has 6 amide bonds. The van der Waals surface area contributed by atoms with Crippen LogP contribution in [0.2, 0.25) is 5.02 Å². The fourth-order valence-electron chi connectivity index (χ4n) is 8.48. The van der Waals surface area contributed by atoms with Crippen molar-refractivity contribution in [2.45, 2.75) is 78.7 Å². The molecule has 0 bridgehead atoms. The highest BCUT2D eigenvalue weighted by Gasteiger charge is 2.45. The molecular weight excluding hydrogens is 876 g/mol. The van der Waals surface area contributed by atoms with Gasteiger partial charge in [0.15, 0.2) is 0 Å². The molecule has 17 nitrogen and oxygen atoms in total. The molecule has 65 heavy (non-hydrogen) atoms. The predicted molar refractivity (Wildman–Crippen MR) is 244 cm³/mol. The third kappa shape index (κ3) is 9.93. The van der Waals surface area contributed by atoms with Gasteiger partial charge >= 0.3 is 0 Å². The van der Waals surface area contributed by atoms with Gasteiger partial charge in [-0.15, -0.1) is 0 Å². The van der Waals surface area contributed by atoms with Gasteiger partial charge in [-0.1, -0.05) is 35.9 Å². The second kappa shape index (κ2) is 19.3. The summed E-state index contributed by atoms with van der Waals surface area (Å²) < 4.78 is 36.6. The molecule has 1 unspecified atom stereocenters. The number of aromatic amines is 1. The second-order valence-corrected chi connectivity index (χ2v) is 18.6. The van der Waals surface area contributed by atoms with Gasteiger partial charge in [0.05, 0.1) is 34.7 Å². The van der Waals surface area contributed by atoms with Crippen molar-refractivity contribution in [3.8, 4) is 16.9 Å². The van der Waals surface area contributed by atoms with Crippen LogP contribution in [0.1, 0.15) is 97.8 Å². The van der Waals surface area contributed by atoms with Crippen LogP contribution in [0.15, 0.2) is 48.5 Å². The van der Waals surface area contributed by atoms with Crippen LogP contribution in [-0.4, -0.2) is 95.0 Å². The number of nitrogens with zero attached hydrogens (tertiary/aromatic N) is 3. The summed E-state index contributed by atoms with van der Waals surface area (Å²) in [4.78, 5) is 81.3. The number of nitrogens with one attached hydrogen (secondary N) is 5. The van der Waals surface area contributed by atoms with Gasteiger partial charge < -0.3 is 20.4 Å². The zero-order chi connectivity index (χ0) is 46.7. The smallest absolute Gasteiger partial charge is 0.281 e. The summed E-state index contributed by atoms with van der Waals surface area (Å²) in [7, 11) is -2.34. The summed E-state index contributed by atoms with van der Waals surface area (Å²) in [6, 6.07) is 13.1. The van der Waals surface area contributed by atoms with E-state index in [-0.39, 0.29) is 48.5 Å². The molecule has 0 saturated carbocycles. The first-order valence-corrected chi connectivity index (χ1v) is 23.4. The number of hydrogen-bond acceptors (Lipinski definition) is 11. The summed E-state index contributed by atoms with van der Waals surface area (Å²) in [5.41, 5.74) is 7.35. The summed E-state index contributed by atoms with van der Waals surface area (Å²) >= 11 is 6.34. The summed E-state index contributed by atoms with van der Waals surface area (Å²) in [6.07, 6.45) is 1.96. The third-order valence-electron chi connectivity index (χ3n) is 11.8. The van der Waals surface area contributed by atoms with Crippen LogP contribution < -0.4 is 25.4 Å². The van der Waals surface area contributed by atoms with E-state index >= 15 is 0 Å². The van der Waals surface area contributed by atoms with Crippen LogP contribution in [0.3, 0.4) is 0 Å². The molecule has 0 aliphatic carbocycles. The standard InChI is InChI=1S/C46H51ClN8O9S/c1-25-23-29(24-26(2)40(25)47)64-21-10-14-31-30-11-8-12-32(38-27(3)52-54(5)28(38)4)41(30)51-42(31)44(59)53-65(62,63)22-20-49-36(56)16-6-7-19-48-34-15-9-13-33-39(34)46(61)55(45(33)60)35-17-18-37(57)50-43(35)58/h8-9,11-13,15,23-24,35,48,51H,6-7,10,14,16-22H2,1-5H3,(H,49,56)(H,53,59)(H,50,57,58). The van der Waals surface area contributed by atoms with Crippen LogP contribution in [0.5, 0.6) is 5.75 Å². The predicted octanol–water partition coefficient (Wildman–Crippen LogP) is 5.33. The molecule has 1 fully saturated rings. The fourth-order valence-corrected chi connectivity index (χ4v) is 9.45. The lowest BCUT2D eigenvalue weighted by Crippen LogP contribution is -2.54. The van der Waals surface area contributed by atoms with Gasteiger partial charge in [0.2, 0.25) is 27.7 Å². The van der Waals surface area contributed by atoms with Crippen LogP contribution in [0.4, 0.5) is 5.69 Å². The molecule has 7 rings (SSSR count). The largest absolute Gasteiger partial charge is 0.494 e. The highest BCUT2D eigenvalue weighted by Crippen LogP contribution is 2.36. The van der Waals surface area contributed by atoms with Gasteiger partial charge in [0.25, 0.3) is 17.7 Å². The lowest BCUT2D eigenvalue weighted by atomic mass is 9.98. The van der Waals surface area contributed by atoms with Crippen molar-refractivity contribution >= 4 is 73.7 Å². The van der Waals surface area contributed by atoms with Crippen molar-refractivity contribution < 1.29 is 41.9 Å². The van der Waals surface area contributed by atoms with Gasteiger partial charge in [-0.25, -0.2) is 13.1 Å². The number of imide groups is 2. The molecule has 1 atom stereocenters. The number of carbonyl (C=O) groups is 6. The molecule has 1 saturated heterocycles. The minimum Gasteiger partial charge on any atom is -0.494 e. The maximum atomic E-state index is 13.9. The van der Waals surface area contributed by atoms with E-state index in [0.29, 0.717) is 66.4 Å². The van der Waals surface area contributed by atoms with E-state index in [9.17, 15) is 37.2 Å². The van der Waals surface area contributed by atoms with E-state index in [2.05, 4.69) is 30.8 Å². The molecular formula is C46H51ClN8O9S. The Labute approximate surface area is 381 Å². The molecule has 0 spiro atoms. The lowest BCUT2D eigenvalue weighted by Gasteiger charge is -2.27. The Balaban J connectivity index is 0.931. The third-order valence-corrected chi connectivity index (χ3v) is 13.6. The first kappa shape index (κ1) is 46.5. The number of hydrogen-bond donors (Lipinski definition) is 5. The van der Waals surface area contributed by atoms with Crippen molar-refractivity contribution in [2.24, 2.45) is 7.05 Å². The minimum absolute atomic E-state index is 0.0144. The Kier molecular flexibility index (Phi) is 13.8. The van der Waals surface area contributed by atoms with Gasteiger partial charge in [-0.05, 0) is 101 Å².